The van der Waals surface area contributed by atoms with Crippen LogP contribution in [0.2, 0.25) is 0 Å². The number of benzene rings is 1. The molecule has 1 aliphatic carbocycles. The lowest BCUT2D eigenvalue weighted by Crippen LogP contribution is -2.09. The molecular formula is C20H23NO5. The van der Waals surface area contributed by atoms with Crippen LogP contribution in [0.25, 0.3) is 11.0 Å². The molecule has 3 rings (SSSR count). The van der Waals surface area contributed by atoms with E-state index in [0.29, 0.717) is 34.6 Å². The Kier molecular flexibility index (Phi) is 5.71. The second-order valence-electron chi connectivity index (χ2n) is 6.83. The highest BCUT2D eigenvalue weighted by atomic mass is 16.5. The van der Waals surface area contributed by atoms with Crippen molar-refractivity contribution in [3.8, 4) is 0 Å². The first-order chi connectivity index (χ1) is 12.5. The van der Waals surface area contributed by atoms with Gasteiger partial charge in [0.25, 0.3) is 0 Å². The zero-order valence-electron chi connectivity index (χ0n) is 14.9. The molecule has 1 fully saturated rings. The van der Waals surface area contributed by atoms with Gasteiger partial charge in [0.1, 0.15) is 12.2 Å². The summed E-state index contributed by atoms with van der Waals surface area (Å²) in [4.78, 5) is 34.9. The van der Waals surface area contributed by atoms with Gasteiger partial charge in [0.15, 0.2) is 0 Å². The van der Waals surface area contributed by atoms with E-state index in [2.05, 4.69) is 5.32 Å². The highest BCUT2D eigenvalue weighted by Crippen LogP contribution is 2.28. The molecule has 1 aromatic carbocycles. The van der Waals surface area contributed by atoms with Crippen LogP contribution in [-0.4, -0.2) is 11.9 Å². The summed E-state index contributed by atoms with van der Waals surface area (Å²) in [7, 11) is 0. The van der Waals surface area contributed by atoms with Gasteiger partial charge >= 0.3 is 11.6 Å². The van der Waals surface area contributed by atoms with Crippen molar-refractivity contribution >= 4 is 28.5 Å². The van der Waals surface area contributed by atoms with E-state index in [-0.39, 0.29) is 18.5 Å². The standard InChI is InChI=1S/C20H23NO5/c1-13(22)21-16-7-8-17-15(10-20(24)26-18(17)11-16)12-25-19(23)9-6-14-4-2-3-5-14/h7-8,10-11,14H,2-6,9,12H2,1H3,(H,21,22). The highest BCUT2D eigenvalue weighted by molar-refractivity contribution is 5.92. The van der Waals surface area contributed by atoms with Crippen LogP contribution >= 0.6 is 0 Å². The fourth-order valence-electron chi connectivity index (χ4n) is 3.48. The smallest absolute Gasteiger partial charge is 0.336 e. The number of ether oxygens (including phenoxy) is 1. The molecule has 0 radical (unpaired) electrons. The Morgan fingerprint density at radius 3 is 2.73 bits per heavy atom. The summed E-state index contributed by atoms with van der Waals surface area (Å²) in [6.07, 6.45) is 6.20. The Morgan fingerprint density at radius 1 is 1.23 bits per heavy atom. The largest absolute Gasteiger partial charge is 0.461 e. The van der Waals surface area contributed by atoms with Crippen molar-refractivity contribution in [1.82, 2.24) is 0 Å². The fraction of sp³-hybridized carbons (Fsp3) is 0.450. The Hall–Kier alpha value is -2.63. The summed E-state index contributed by atoms with van der Waals surface area (Å²) in [6, 6.07) is 6.38. The number of hydrogen-bond donors (Lipinski definition) is 1. The lowest BCUT2D eigenvalue weighted by atomic mass is 10.0. The summed E-state index contributed by atoms with van der Waals surface area (Å²) >= 11 is 0. The lowest BCUT2D eigenvalue weighted by molar-refractivity contribution is -0.145. The van der Waals surface area contributed by atoms with Gasteiger partial charge in [-0.1, -0.05) is 25.7 Å². The highest BCUT2D eigenvalue weighted by Gasteiger charge is 2.17. The van der Waals surface area contributed by atoms with Gasteiger partial charge in [0.2, 0.25) is 5.91 Å². The molecule has 1 aliphatic rings. The van der Waals surface area contributed by atoms with E-state index < -0.39 is 5.63 Å². The molecule has 138 valence electrons. The molecule has 6 nitrogen and oxygen atoms in total. The zero-order valence-corrected chi connectivity index (χ0v) is 14.9. The summed E-state index contributed by atoms with van der Waals surface area (Å²) < 4.78 is 10.6. The minimum absolute atomic E-state index is 0.0328. The maximum Gasteiger partial charge on any atom is 0.336 e. The molecule has 0 atom stereocenters. The second-order valence-corrected chi connectivity index (χ2v) is 6.83. The van der Waals surface area contributed by atoms with E-state index in [1.807, 2.05) is 0 Å². The predicted octanol–water partition coefficient (Wildman–Crippen LogP) is 3.77. The van der Waals surface area contributed by atoms with Gasteiger partial charge < -0.3 is 14.5 Å². The van der Waals surface area contributed by atoms with Crippen LogP contribution in [0, 0.1) is 5.92 Å². The monoisotopic (exact) mass is 357 g/mol. The number of carbonyl (C=O) groups is 2. The lowest BCUT2D eigenvalue weighted by Gasteiger charge is -2.10. The molecule has 1 heterocycles. The Balaban J connectivity index is 1.67. The van der Waals surface area contributed by atoms with Crippen molar-refractivity contribution < 1.29 is 18.7 Å². The number of hydrogen-bond acceptors (Lipinski definition) is 5. The zero-order chi connectivity index (χ0) is 18.5. The molecule has 0 bridgehead atoms. The molecule has 26 heavy (non-hydrogen) atoms. The molecule has 1 amide bonds. The molecular weight excluding hydrogens is 334 g/mol. The first-order valence-electron chi connectivity index (χ1n) is 9.01. The molecule has 1 aromatic heterocycles. The average Bonchev–Trinajstić information content (AvgIpc) is 3.10. The third kappa shape index (κ3) is 4.71. The van der Waals surface area contributed by atoms with E-state index in [4.69, 9.17) is 9.15 Å². The SMILES string of the molecule is CC(=O)Nc1ccc2c(COC(=O)CCC3CCCC3)cc(=O)oc2c1. The van der Waals surface area contributed by atoms with Crippen LogP contribution < -0.4 is 10.9 Å². The van der Waals surface area contributed by atoms with Crippen LogP contribution in [0.3, 0.4) is 0 Å². The molecule has 0 spiro atoms. The van der Waals surface area contributed by atoms with Crippen molar-refractivity contribution in [3.63, 3.8) is 0 Å². The van der Waals surface area contributed by atoms with Crippen LogP contribution in [0.5, 0.6) is 0 Å². The van der Waals surface area contributed by atoms with Crippen molar-refractivity contribution in [2.24, 2.45) is 5.92 Å². The number of amides is 1. The summed E-state index contributed by atoms with van der Waals surface area (Å²) in [5.41, 5.74) is 0.967. The van der Waals surface area contributed by atoms with Crippen molar-refractivity contribution in [1.29, 1.82) is 0 Å². The second kappa shape index (κ2) is 8.17. The van der Waals surface area contributed by atoms with E-state index >= 15 is 0 Å². The van der Waals surface area contributed by atoms with E-state index in [0.717, 1.165) is 6.42 Å². The minimum atomic E-state index is -0.519. The topological polar surface area (TPSA) is 85.6 Å². The summed E-state index contributed by atoms with van der Waals surface area (Å²) in [6.45, 7) is 1.44. The van der Waals surface area contributed by atoms with Crippen molar-refractivity contribution in [2.75, 3.05) is 5.32 Å². The number of carbonyl (C=O) groups excluding carboxylic acids is 2. The van der Waals surface area contributed by atoms with Gasteiger partial charge in [-0.3, -0.25) is 9.59 Å². The van der Waals surface area contributed by atoms with E-state index in [1.165, 1.54) is 38.7 Å². The van der Waals surface area contributed by atoms with Crippen LogP contribution in [0.15, 0.2) is 33.5 Å². The molecule has 0 aliphatic heterocycles. The van der Waals surface area contributed by atoms with E-state index in [9.17, 15) is 14.4 Å². The number of rotatable bonds is 6. The summed E-state index contributed by atoms with van der Waals surface area (Å²) in [5.74, 6) is 0.187. The van der Waals surface area contributed by atoms with Gasteiger partial charge in [-0.25, -0.2) is 4.79 Å². The molecule has 1 N–H and O–H groups in total. The first kappa shape index (κ1) is 18.2. The quantitative estimate of drug-likeness (QED) is 0.628. The Labute approximate surface area is 151 Å². The van der Waals surface area contributed by atoms with Crippen molar-refractivity contribution in [2.45, 2.75) is 52.1 Å². The normalized spacial score (nSPS) is 14.5. The van der Waals surface area contributed by atoms with Gasteiger partial charge in [-0.2, -0.15) is 0 Å². The van der Waals surface area contributed by atoms with Gasteiger partial charge in [0.05, 0.1) is 0 Å². The maximum absolute atomic E-state index is 12.0. The van der Waals surface area contributed by atoms with Gasteiger partial charge in [-0.05, 0) is 24.5 Å². The Bertz CT molecular complexity index is 864. The van der Waals surface area contributed by atoms with Crippen molar-refractivity contribution in [3.05, 3.63) is 40.2 Å². The first-order valence-corrected chi connectivity index (χ1v) is 9.01. The molecule has 6 heteroatoms. The minimum Gasteiger partial charge on any atom is -0.461 e. The van der Waals surface area contributed by atoms with Crippen LogP contribution in [0.1, 0.15) is 51.0 Å². The van der Waals surface area contributed by atoms with Gasteiger partial charge in [0, 0.05) is 42.1 Å². The molecule has 1 saturated carbocycles. The number of anilines is 1. The predicted molar refractivity (Wildman–Crippen MR) is 97.8 cm³/mol. The number of fused-ring (bicyclic) bond motifs is 1. The van der Waals surface area contributed by atoms with Gasteiger partial charge in [-0.15, -0.1) is 0 Å². The fourth-order valence-corrected chi connectivity index (χ4v) is 3.48. The maximum atomic E-state index is 12.0. The molecule has 0 unspecified atom stereocenters. The summed E-state index contributed by atoms with van der Waals surface area (Å²) in [5, 5.41) is 3.33. The third-order valence-electron chi connectivity index (χ3n) is 4.77. The Morgan fingerprint density at radius 2 is 2.00 bits per heavy atom. The average molecular weight is 357 g/mol. The molecule has 2 aromatic rings. The van der Waals surface area contributed by atoms with Crippen LogP contribution in [-0.2, 0) is 20.9 Å². The van der Waals surface area contributed by atoms with E-state index in [1.54, 1.807) is 18.2 Å². The third-order valence-corrected chi connectivity index (χ3v) is 4.77. The number of esters is 1. The molecule has 0 saturated heterocycles. The van der Waals surface area contributed by atoms with Crippen LogP contribution in [0.4, 0.5) is 5.69 Å². The number of nitrogens with one attached hydrogen (secondary N) is 1.